The summed E-state index contributed by atoms with van der Waals surface area (Å²) in [5, 5.41) is 9.44. The summed E-state index contributed by atoms with van der Waals surface area (Å²) in [5.41, 5.74) is 1.82. The van der Waals surface area contributed by atoms with Gasteiger partial charge in [-0.05, 0) is 33.6 Å². The zero-order chi connectivity index (χ0) is 17.5. The Morgan fingerprint density at radius 1 is 1.42 bits per heavy atom. The van der Waals surface area contributed by atoms with E-state index in [2.05, 4.69) is 32.9 Å². The van der Waals surface area contributed by atoms with E-state index in [1.807, 2.05) is 6.08 Å². The minimum absolute atomic E-state index is 0.0948. The molecule has 5 heteroatoms. The van der Waals surface area contributed by atoms with Crippen LogP contribution in [0.15, 0.2) is 35.5 Å². The van der Waals surface area contributed by atoms with Gasteiger partial charge in [-0.3, -0.25) is 9.59 Å². The smallest absolute Gasteiger partial charge is 0.310 e. The number of hydrogen-bond donors (Lipinski definition) is 1. The standard InChI is InChI=1S/C19H25NO4/c1-12(2)5-4-6-13(3)8-10-20-11-19-9-7-14(24-19)15(18(22)23)16(19)17(20)21/h5,7-9,14-16H,4,6,10-11H2,1-3H3,(H,22,23)/b13-8+/t14-,15+,16-,19+/m1/s1. The van der Waals surface area contributed by atoms with Gasteiger partial charge in [-0.15, -0.1) is 0 Å². The molecule has 0 saturated carbocycles. The monoisotopic (exact) mass is 331 g/mol. The molecule has 2 fully saturated rings. The number of rotatable bonds is 6. The lowest BCUT2D eigenvalue weighted by molar-refractivity contribution is -0.147. The lowest BCUT2D eigenvalue weighted by Gasteiger charge is -2.21. The van der Waals surface area contributed by atoms with E-state index in [1.54, 1.807) is 11.0 Å². The quantitative estimate of drug-likeness (QED) is 0.760. The number of amides is 1. The average molecular weight is 331 g/mol. The molecule has 0 aromatic rings. The summed E-state index contributed by atoms with van der Waals surface area (Å²) < 4.78 is 5.87. The van der Waals surface area contributed by atoms with Gasteiger partial charge >= 0.3 is 5.97 Å². The van der Waals surface area contributed by atoms with Crippen molar-refractivity contribution in [3.63, 3.8) is 0 Å². The molecule has 130 valence electrons. The second kappa shape index (κ2) is 6.20. The molecular weight excluding hydrogens is 306 g/mol. The van der Waals surface area contributed by atoms with E-state index in [0.29, 0.717) is 13.1 Å². The van der Waals surface area contributed by atoms with Gasteiger partial charge in [0.2, 0.25) is 5.91 Å². The molecular formula is C19H25NO4. The first-order chi connectivity index (χ1) is 11.3. The fourth-order valence-corrected chi connectivity index (χ4v) is 3.97. The third-order valence-corrected chi connectivity index (χ3v) is 5.22. The van der Waals surface area contributed by atoms with Gasteiger partial charge in [-0.25, -0.2) is 0 Å². The van der Waals surface area contributed by atoms with E-state index >= 15 is 0 Å². The predicted octanol–water partition coefficient (Wildman–Crippen LogP) is 2.55. The van der Waals surface area contributed by atoms with E-state index in [1.165, 1.54) is 11.1 Å². The Labute approximate surface area is 142 Å². The van der Waals surface area contributed by atoms with Gasteiger partial charge in [0.05, 0.1) is 18.6 Å². The lowest BCUT2D eigenvalue weighted by atomic mass is 9.77. The Morgan fingerprint density at radius 2 is 2.17 bits per heavy atom. The molecule has 2 bridgehead atoms. The summed E-state index contributed by atoms with van der Waals surface area (Å²) in [4.78, 5) is 26.0. The summed E-state index contributed by atoms with van der Waals surface area (Å²) >= 11 is 0. The van der Waals surface area contributed by atoms with Crippen LogP contribution in [-0.4, -0.2) is 46.7 Å². The molecule has 0 radical (unpaired) electrons. The van der Waals surface area contributed by atoms with E-state index in [0.717, 1.165) is 12.8 Å². The minimum atomic E-state index is -0.945. The molecule has 3 heterocycles. The molecule has 4 atom stereocenters. The van der Waals surface area contributed by atoms with E-state index in [4.69, 9.17) is 4.74 Å². The van der Waals surface area contributed by atoms with Crippen LogP contribution in [0.1, 0.15) is 33.6 Å². The van der Waals surface area contributed by atoms with Gasteiger partial charge in [0, 0.05) is 6.54 Å². The Hall–Kier alpha value is -1.88. The molecule has 0 aromatic heterocycles. The van der Waals surface area contributed by atoms with Crippen LogP contribution in [-0.2, 0) is 14.3 Å². The summed E-state index contributed by atoms with van der Waals surface area (Å²) in [6.45, 7) is 7.21. The molecule has 5 nitrogen and oxygen atoms in total. The number of hydrogen-bond acceptors (Lipinski definition) is 3. The summed E-state index contributed by atoms with van der Waals surface area (Å²) in [7, 11) is 0. The second-order valence-electron chi connectivity index (χ2n) is 7.33. The first-order valence-corrected chi connectivity index (χ1v) is 8.52. The molecule has 0 unspecified atom stereocenters. The number of nitrogens with zero attached hydrogens (tertiary/aromatic N) is 1. The largest absolute Gasteiger partial charge is 0.481 e. The number of carbonyl (C=O) groups excluding carboxylic acids is 1. The number of carboxylic acids is 1. The van der Waals surface area contributed by atoms with Crippen LogP contribution in [0.5, 0.6) is 0 Å². The Morgan fingerprint density at radius 3 is 2.83 bits per heavy atom. The summed E-state index contributed by atoms with van der Waals surface area (Å²) in [5.74, 6) is -2.37. The van der Waals surface area contributed by atoms with Crippen molar-refractivity contribution in [1.82, 2.24) is 4.90 Å². The predicted molar refractivity (Wildman–Crippen MR) is 90.4 cm³/mol. The summed E-state index contributed by atoms with van der Waals surface area (Å²) in [6.07, 6.45) is 9.48. The maximum absolute atomic E-state index is 12.7. The van der Waals surface area contributed by atoms with Gasteiger partial charge in [-0.2, -0.15) is 0 Å². The van der Waals surface area contributed by atoms with Crippen LogP contribution in [0.4, 0.5) is 0 Å². The Bertz CT molecular complexity index is 644. The normalized spacial score (nSPS) is 34.0. The zero-order valence-corrected chi connectivity index (χ0v) is 14.5. The highest BCUT2D eigenvalue weighted by molar-refractivity contribution is 5.90. The Kier molecular flexibility index (Phi) is 4.38. The minimum Gasteiger partial charge on any atom is -0.481 e. The van der Waals surface area contributed by atoms with Gasteiger partial charge in [0.1, 0.15) is 11.5 Å². The molecule has 3 rings (SSSR count). The first kappa shape index (κ1) is 17.0. The fourth-order valence-electron chi connectivity index (χ4n) is 3.97. The molecule has 2 saturated heterocycles. The van der Waals surface area contributed by atoms with Crippen LogP contribution in [0.2, 0.25) is 0 Å². The van der Waals surface area contributed by atoms with E-state index in [-0.39, 0.29) is 5.91 Å². The molecule has 24 heavy (non-hydrogen) atoms. The lowest BCUT2D eigenvalue weighted by Crippen LogP contribution is -2.39. The molecule has 1 N–H and O–H groups in total. The first-order valence-electron chi connectivity index (χ1n) is 8.52. The highest BCUT2D eigenvalue weighted by atomic mass is 16.5. The molecule has 3 aliphatic rings. The highest BCUT2D eigenvalue weighted by Crippen LogP contribution is 2.51. The Balaban J connectivity index is 1.66. The highest BCUT2D eigenvalue weighted by Gasteiger charge is 2.66. The number of likely N-dealkylation sites (tertiary alicyclic amines) is 1. The van der Waals surface area contributed by atoms with Crippen molar-refractivity contribution >= 4 is 11.9 Å². The van der Waals surface area contributed by atoms with Crippen LogP contribution in [0, 0.1) is 11.8 Å². The number of carboxylic acid groups (broad SMARTS) is 1. The van der Waals surface area contributed by atoms with Crippen molar-refractivity contribution in [2.45, 2.75) is 45.3 Å². The molecule has 0 aliphatic carbocycles. The molecule has 1 spiro atoms. The van der Waals surface area contributed by atoms with Crippen molar-refractivity contribution in [3.8, 4) is 0 Å². The third-order valence-electron chi connectivity index (χ3n) is 5.22. The molecule has 1 amide bonds. The maximum atomic E-state index is 12.7. The van der Waals surface area contributed by atoms with E-state index in [9.17, 15) is 14.7 Å². The maximum Gasteiger partial charge on any atom is 0.310 e. The van der Waals surface area contributed by atoms with Gasteiger partial charge in [-0.1, -0.05) is 35.5 Å². The van der Waals surface area contributed by atoms with Crippen molar-refractivity contribution in [2.24, 2.45) is 11.8 Å². The van der Waals surface area contributed by atoms with Crippen molar-refractivity contribution in [2.75, 3.05) is 13.1 Å². The average Bonchev–Trinajstić information content (AvgIpc) is 3.13. The van der Waals surface area contributed by atoms with Gasteiger partial charge in [0.25, 0.3) is 0 Å². The van der Waals surface area contributed by atoms with Crippen molar-refractivity contribution in [1.29, 1.82) is 0 Å². The topological polar surface area (TPSA) is 66.8 Å². The third kappa shape index (κ3) is 2.81. The van der Waals surface area contributed by atoms with Crippen molar-refractivity contribution < 1.29 is 19.4 Å². The zero-order valence-electron chi connectivity index (χ0n) is 14.5. The number of fused-ring (bicyclic) bond motifs is 1. The SMILES string of the molecule is CC(C)=CCC/C(C)=C/CN1C[C@]23C=C[C@@H](O2)[C@H](C(=O)O)[C@@H]3C1=O. The number of carbonyl (C=O) groups is 2. The van der Waals surface area contributed by atoms with Gasteiger partial charge < -0.3 is 14.7 Å². The van der Waals surface area contributed by atoms with Gasteiger partial charge in [0.15, 0.2) is 0 Å². The van der Waals surface area contributed by atoms with Crippen molar-refractivity contribution in [3.05, 3.63) is 35.5 Å². The fraction of sp³-hybridized carbons (Fsp3) is 0.579. The number of aliphatic carboxylic acids is 1. The van der Waals surface area contributed by atoms with Crippen LogP contribution >= 0.6 is 0 Å². The second-order valence-corrected chi connectivity index (χ2v) is 7.33. The van der Waals surface area contributed by atoms with Crippen LogP contribution in [0.25, 0.3) is 0 Å². The molecule has 0 aromatic carbocycles. The molecule has 3 aliphatic heterocycles. The summed E-state index contributed by atoms with van der Waals surface area (Å²) in [6, 6.07) is 0. The van der Waals surface area contributed by atoms with Crippen LogP contribution in [0.3, 0.4) is 0 Å². The van der Waals surface area contributed by atoms with Crippen LogP contribution < -0.4 is 0 Å². The number of allylic oxidation sites excluding steroid dienone is 3. The number of ether oxygens (including phenoxy) is 1. The van der Waals surface area contributed by atoms with E-state index < -0.39 is 29.5 Å².